The van der Waals surface area contributed by atoms with Crippen LogP contribution in [0.3, 0.4) is 0 Å². The minimum absolute atomic E-state index is 0.0282. The zero-order valence-electron chi connectivity index (χ0n) is 13.8. The Morgan fingerprint density at radius 3 is 2.61 bits per heavy atom. The van der Waals surface area contributed by atoms with E-state index >= 15 is 0 Å². The van der Waals surface area contributed by atoms with E-state index in [2.05, 4.69) is 6.92 Å². The molecule has 0 N–H and O–H groups in total. The van der Waals surface area contributed by atoms with Crippen molar-refractivity contribution in [2.75, 3.05) is 0 Å². The number of unbranched alkanes of at least 4 members (excludes halogenated alkanes) is 2. The van der Waals surface area contributed by atoms with Gasteiger partial charge in [0.25, 0.3) is 0 Å². The van der Waals surface area contributed by atoms with Crippen molar-refractivity contribution < 1.29 is 18.3 Å². The maximum absolute atomic E-state index is 14.1. The molecule has 0 saturated heterocycles. The zero-order valence-corrected chi connectivity index (χ0v) is 13.8. The summed E-state index contributed by atoms with van der Waals surface area (Å²) in [5.41, 5.74) is 0.318. The Labute approximate surface area is 137 Å². The number of hydrogen-bond donors (Lipinski definition) is 0. The van der Waals surface area contributed by atoms with Gasteiger partial charge in [-0.2, -0.15) is 0 Å². The molecule has 4 heteroatoms. The second kappa shape index (κ2) is 9.11. The molecule has 1 aromatic rings. The van der Waals surface area contributed by atoms with Crippen molar-refractivity contribution in [1.82, 2.24) is 0 Å². The number of ether oxygens (including phenoxy) is 1. The number of carbonyl (C=O) groups excluding carboxylic acids is 1. The number of rotatable bonds is 8. The molecule has 0 bridgehead atoms. The van der Waals surface area contributed by atoms with Gasteiger partial charge in [0.1, 0.15) is 6.29 Å². The molecule has 2 rings (SSSR count). The van der Waals surface area contributed by atoms with Crippen molar-refractivity contribution in [3.63, 3.8) is 0 Å². The quantitative estimate of drug-likeness (QED) is 0.475. The molecule has 0 aliphatic heterocycles. The van der Waals surface area contributed by atoms with Crippen molar-refractivity contribution in [3.05, 3.63) is 35.4 Å². The summed E-state index contributed by atoms with van der Waals surface area (Å²) >= 11 is 0. The van der Waals surface area contributed by atoms with E-state index in [1.165, 1.54) is 6.07 Å². The van der Waals surface area contributed by atoms with Crippen LogP contribution in [-0.2, 0) is 9.53 Å². The summed E-state index contributed by atoms with van der Waals surface area (Å²) in [6.45, 7) is 2.11. The maximum Gasteiger partial charge on any atom is 0.164 e. The third kappa shape index (κ3) is 5.10. The molecule has 0 amide bonds. The van der Waals surface area contributed by atoms with Gasteiger partial charge in [-0.1, -0.05) is 38.3 Å². The van der Waals surface area contributed by atoms with Crippen LogP contribution in [0, 0.1) is 17.6 Å². The van der Waals surface area contributed by atoms with Crippen LogP contribution in [0.2, 0.25) is 0 Å². The van der Waals surface area contributed by atoms with Gasteiger partial charge in [0.2, 0.25) is 0 Å². The summed E-state index contributed by atoms with van der Waals surface area (Å²) in [7, 11) is 0. The molecule has 0 spiro atoms. The predicted molar refractivity (Wildman–Crippen MR) is 86.1 cm³/mol. The summed E-state index contributed by atoms with van der Waals surface area (Å²) in [6, 6.07) is 4.29. The van der Waals surface area contributed by atoms with Crippen molar-refractivity contribution in [2.45, 2.75) is 70.5 Å². The van der Waals surface area contributed by atoms with Gasteiger partial charge in [0.15, 0.2) is 11.6 Å². The molecule has 1 fully saturated rings. The maximum atomic E-state index is 14.1. The summed E-state index contributed by atoms with van der Waals surface area (Å²) in [4.78, 5) is 10.8. The van der Waals surface area contributed by atoms with Crippen LogP contribution in [0.5, 0.6) is 0 Å². The van der Waals surface area contributed by atoms with E-state index in [1.807, 2.05) is 0 Å². The van der Waals surface area contributed by atoms with Crippen LogP contribution in [-0.4, -0.2) is 12.4 Å². The number of carbonyl (C=O) groups is 1. The Kier molecular flexibility index (Phi) is 7.15. The normalized spacial score (nSPS) is 22.7. The van der Waals surface area contributed by atoms with Crippen LogP contribution >= 0.6 is 0 Å². The summed E-state index contributed by atoms with van der Waals surface area (Å²) in [5, 5.41) is 0. The van der Waals surface area contributed by atoms with Crippen LogP contribution in [0.25, 0.3) is 0 Å². The van der Waals surface area contributed by atoms with Crippen molar-refractivity contribution in [1.29, 1.82) is 0 Å². The number of halogens is 2. The van der Waals surface area contributed by atoms with Crippen LogP contribution < -0.4 is 0 Å². The van der Waals surface area contributed by atoms with Crippen molar-refractivity contribution >= 4 is 6.29 Å². The molecule has 1 saturated carbocycles. The Morgan fingerprint density at radius 1 is 1.22 bits per heavy atom. The minimum Gasteiger partial charge on any atom is -0.370 e. The van der Waals surface area contributed by atoms with Gasteiger partial charge in [-0.25, -0.2) is 8.78 Å². The third-order valence-corrected chi connectivity index (χ3v) is 4.67. The highest BCUT2D eigenvalue weighted by Gasteiger charge is 2.26. The first kappa shape index (κ1) is 18.1. The first-order valence-corrected chi connectivity index (χ1v) is 8.70. The fraction of sp³-hybridized carbons (Fsp3) is 0.632. The van der Waals surface area contributed by atoms with Gasteiger partial charge < -0.3 is 9.53 Å². The van der Waals surface area contributed by atoms with Crippen LogP contribution in [0.15, 0.2) is 18.2 Å². The van der Waals surface area contributed by atoms with Gasteiger partial charge in [-0.15, -0.1) is 0 Å². The molecule has 0 radical (unpaired) electrons. The molecule has 1 aliphatic rings. The Morgan fingerprint density at radius 2 is 1.96 bits per heavy atom. The van der Waals surface area contributed by atoms with Gasteiger partial charge in [-0.3, -0.25) is 0 Å². The Balaban J connectivity index is 2.05. The van der Waals surface area contributed by atoms with E-state index in [-0.39, 0.29) is 12.0 Å². The Bertz CT molecular complexity index is 496. The highest BCUT2D eigenvalue weighted by Crippen LogP contribution is 2.33. The molecule has 0 heterocycles. The zero-order chi connectivity index (χ0) is 16.7. The lowest BCUT2D eigenvalue weighted by atomic mass is 9.88. The van der Waals surface area contributed by atoms with E-state index in [4.69, 9.17) is 4.74 Å². The monoisotopic (exact) mass is 324 g/mol. The van der Waals surface area contributed by atoms with E-state index in [1.54, 1.807) is 6.07 Å². The molecule has 23 heavy (non-hydrogen) atoms. The van der Waals surface area contributed by atoms with Crippen LogP contribution in [0.4, 0.5) is 8.78 Å². The summed E-state index contributed by atoms with van der Waals surface area (Å²) in [6.07, 6.45) is 7.65. The molecule has 1 aliphatic carbocycles. The summed E-state index contributed by atoms with van der Waals surface area (Å²) in [5.74, 6) is -1.49. The number of hydrogen-bond acceptors (Lipinski definition) is 2. The molecule has 1 aromatic carbocycles. The molecular formula is C19H26F2O2. The molecule has 1 atom stereocenters. The van der Waals surface area contributed by atoms with Crippen LogP contribution in [0.1, 0.15) is 70.0 Å². The lowest BCUT2D eigenvalue weighted by Crippen LogP contribution is -2.24. The minimum atomic E-state index is -0.823. The average Bonchev–Trinajstić information content (AvgIpc) is 2.57. The van der Waals surface area contributed by atoms with E-state index in [9.17, 15) is 13.6 Å². The lowest BCUT2D eigenvalue weighted by molar-refractivity contribution is -0.113. The molecule has 0 aromatic heterocycles. The summed E-state index contributed by atoms with van der Waals surface area (Å²) < 4.78 is 33.8. The smallest absolute Gasteiger partial charge is 0.164 e. The second-order valence-electron chi connectivity index (χ2n) is 6.44. The van der Waals surface area contributed by atoms with Gasteiger partial charge >= 0.3 is 0 Å². The SMILES string of the molecule is CCCCCC(OC1CCC(C=O)CC1)c1cccc(F)c1F. The number of benzene rings is 1. The fourth-order valence-corrected chi connectivity index (χ4v) is 3.24. The van der Waals surface area contributed by atoms with Gasteiger partial charge in [-0.05, 0) is 38.2 Å². The average molecular weight is 324 g/mol. The fourth-order valence-electron chi connectivity index (χ4n) is 3.24. The Hall–Kier alpha value is -1.29. The predicted octanol–water partition coefficient (Wildman–Crippen LogP) is 5.36. The second-order valence-corrected chi connectivity index (χ2v) is 6.44. The molecule has 128 valence electrons. The topological polar surface area (TPSA) is 26.3 Å². The number of aldehydes is 1. The van der Waals surface area contributed by atoms with Gasteiger partial charge in [0.05, 0.1) is 12.2 Å². The highest BCUT2D eigenvalue weighted by molar-refractivity contribution is 5.53. The van der Waals surface area contributed by atoms with E-state index < -0.39 is 17.7 Å². The first-order chi connectivity index (χ1) is 11.2. The highest BCUT2D eigenvalue weighted by atomic mass is 19.2. The molecule has 2 nitrogen and oxygen atoms in total. The largest absolute Gasteiger partial charge is 0.370 e. The van der Waals surface area contributed by atoms with E-state index in [0.29, 0.717) is 12.0 Å². The molecular weight excluding hydrogens is 298 g/mol. The standard InChI is InChI=1S/C19H26F2O2/c1-2-3-4-8-18(16-6-5-7-17(20)19(16)21)23-15-11-9-14(13-22)10-12-15/h5-7,13-15,18H,2-4,8-12H2,1H3. The van der Waals surface area contributed by atoms with Crippen molar-refractivity contribution in [3.8, 4) is 0 Å². The first-order valence-electron chi connectivity index (χ1n) is 8.70. The van der Waals surface area contributed by atoms with Crippen molar-refractivity contribution in [2.24, 2.45) is 5.92 Å². The van der Waals surface area contributed by atoms with Gasteiger partial charge in [0, 0.05) is 11.5 Å². The van der Waals surface area contributed by atoms with E-state index in [0.717, 1.165) is 57.3 Å². The lowest BCUT2D eigenvalue weighted by Gasteiger charge is -2.30. The molecule has 1 unspecified atom stereocenters. The third-order valence-electron chi connectivity index (χ3n) is 4.67.